The minimum absolute atomic E-state index is 0.0336. The zero-order valence-corrected chi connectivity index (χ0v) is 28.6. The predicted molar refractivity (Wildman–Crippen MR) is 177 cm³/mol. The summed E-state index contributed by atoms with van der Waals surface area (Å²) in [6, 6.07) is 0. The number of aliphatic hydroxyl groups is 1. The van der Waals surface area contributed by atoms with Crippen LogP contribution in [0.5, 0.6) is 0 Å². The molecule has 0 amide bonds. The molecule has 0 spiro atoms. The Kier molecular flexibility index (Phi) is 13.5. The van der Waals surface area contributed by atoms with E-state index in [0.29, 0.717) is 31.8 Å². The Labute approximate surface area is 261 Å². The van der Waals surface area contributed by atoms with Crippen LogP contribution in [0.25, 0.3) is 0 Å². The fraction of sp³-hybridized carbons (Fsp3) is 0.639. The van der Waals surface area contributed by atoms with Crippen LogP contribution in [0.1, 0.15) is 79.6 Å². The van der Waals surface area contributed by atoms with Crippen LogP contribution in [0.3, 0.4) is 0 Å². The summed E-state index contributed by atoms with van der Waals surface area (Å²) in [6.45, 7) is 20.2. The van der Waals surface area contributed by atoms with Gasteiger partial charge in [0.1, 0.15) is 12.2 Å². The molecule has 0 aromatic rings. The van der Waals surface area contributed by atoms with Gasteiger partial charge < -0.3 is 23.7 Å². The maximum Gasteiger partial charge on any atom is 0.330 e. The molecule has 0 aliphatic carbocycles. The number of rotatable bonds is 5. The van der Waals surface area contributed by atoms with Gasteiger partial charge in [0, 0.05) is 12.5 Å². The zero-order chi connectivity index (χ0) is 31.6. The lowest BCUT2D eigenvalue weighted by molar-refractivity contribution is -0.146. The highest BCUT2D eigenvalue weighted by molar-refractivity contribution is 6.74. The molecule has 0 fully saturated rings. The van der Waals surface area contributed by atoms with E-state index in [1.165, 1.54) is 11.6 Å². The smallest absolute Gasteiger partial charge is 0.330 e. The Morgan fingerprint density at radius 1 is 1.09 bits per heavy atom. The minimum atomic E-state index is -2.25. The van der Waals surface area contributed by atoms with Gasteiger partial charge in [0.15, 0.2) is 8.32 Å². The third-order valence-electron chi connectivity index (χ3n) is 8.92. The lowest BCUT2D eigenvalue weighted by atomic mass is 9.91. The van der Waals surface area contributed by atoms with Crippen molar-refractivity contribution in [2.24, 2.45) is 5.92 Å². The van der Waals surface area contributed by atoms with Crippen molar-refractivity contribution in [3.05, 3.63) is 72.4 Å². The van der Waals surface area contributed by atoms with Gasteiger partial charge in [-0.25, -0.2) is 4.79 Å². The molecule has 0 saturated heterocycles. The lowest BCUT2D eigenvalue weighted by Crippen LogP contribution is -2.47. The molecule has 0 aromatic heterocycles. The highest BCUT2D eigenvalue weighted by atomic mass is 28.4. The summed E-state index contributed by atoms with van der Waals surface area (Å²) in [5, 5.41) is 10.8. The monoisotopic (exact) mass is 612 g/mol. The van der Waals surface area contributed by atoms with E-state index in [1.54, 1.807) is 6.08 Å². The average Bonchev–Trinajstić information content (AvgIpc) is 2.89. The first-order valence-corrected chi connectivity index (χ1v) is 19.0. The maximum absolute atomic E-state index is 13.2. The SMILES string of the molecule is C=C1C[C@H](C)C[C@@H]2CC=C[C@@H](C/C=C\C(=O)O[C@H](C(/C=C/[C@@H]3CC(C)=CCO3)O[Si](C)(C)C(C)(C)C)C/C=C/[C@H](O)C1)O2. The number of fused-ring (bicyclic) bond motifs is 2. The van der Waals surface area contributed by atoms with Gasteiger partial charge in [-0.3, -0.25) is 0 Å². The Bertz CT molecular complexity index is 1080. The van der Waals surface area contributed by atoms with Crippen LogP contribution in [0, 0.1) is 5.92 Å². The van der Waals surface area contributed by atoms with E-state index in [0.717, 1.165) is 31.3 Å². The van der Waals surface area contributed by atoms with Crippen molar-refractivity contribution in [2.45, 2.75) is 134 Å². The van der Waals surface area contributed by atoms with Gasteiger partial charge in [0.05, 0.1) is 31.0 Å². The number of hydrogen-bond donors (Lipinski definition) is 1. The first-order valence-electron chi connectivity index (χ1n) is 16.1. The second-order valence-electron chi connectivity index (χ2n) is 14.2. The summed E-state index contributed by atoms with van der Waals surface area (Å²) in [5.74, 6) is -0.00889. The molecule has 7 heteroatoms. The number of carbonyl (C=O) groups is 1. The second-order valence-corrected chi connectivity index (χ2v) is 18.9. The Morgan fingerprint density at radius 2 is 1.84 bits per heavy atom. The summed E-state index contributed by atoms with van der Waals surface area (Å²) in [4.78, 5) is 13.2. The summed E-state index contributed by atoms with van der Waals surface area (Å²) in [7, 11) is -2.25. The molecule has 3 aliphatic heterocycles. The fourth-order valence-corrected chi connectivity index (χ4v) is 6.75. The highest BCUT2D eigenvalue weighted by Crippen LogP contribution is 2.38. The molecule has 3 heterocycles. The molecule has 3 rings (SSSR count). The van der Waals surface area contributed by atoms with Gasteiger partial charge in [-0.05, 0) is 69.5 Å². The Balaban J connectivity index is 1.89. The number of carbonyl (C=O) groups excluding carboxylic acids is 1. The largest absolute Gasteiger partial charge is 0.456 e. The summed E-state index contributed by atoms with van der Waals surface area (Å²) in [6.07, 6.45) is 20.8. The van der Waals surface area contributed by atoms with Crippen LogP contribution in [0.4, 0.5) is 0 Å². The van der Waals surface area contributed by atoms with E-state index >= 15 is 0 Å². The summed E-state index contributed by atoms with van der Waals surface area (Å²) >= 11 is 0. The molecule has 6 nitrogen and oxygen atoms in total. The predicted octanol–water partition coefficient (Wildman–Crippen LogP) is 7.92. The van der Waals surface area contributed by atoms with Crippen LogP contribution in [-0.4, -0.2) is 62.6 Å². The van der Waals surface area contributed by atoms with Crippen LogP contribution in [0.2, 0.25) is 18.1 Å². The van der Waals surface area contributed by atoms with Gasteiger partial charge in [0.2, 0.25) is 0 Å². The number of ether oxygens (including phenoxy) is 3. The van der Waals surface area contributed by atoms with Crippen LogP contribution < -0.4 is 0 Å². The summed E-state index contributed by atoms with van der Waals surface area (Å²) < 4.78 is 25.3. The van der Waals surface area contributed by atoms with Crippen molar-refractivity contribution >= 4 is 14.3 Å². The Morgan fingerprint density at radius 3 is 2.56 bits per heavy atom. The molecular formula is C36H56O6Si. The molecule has 1 unspecified atom stereocenters. The first kappa shape index (κ1) is 35.4. The fourth-order valence-electron chi connectivity index (χ4n) is 5.48. The normalized spacial score (nSPS) is 32.8. The number of esters is 1. The topological polar surface area (TPSA) is 74.2 Å². The number of aliphatic hydroxyl groups excluding tert-OH is 1. The molecule has 0 saturated carbocycles. The summed E-state index contributed by atoms with van der Waals surface area (Å²) in [5.41, 5.74) is 2.32. The molecular weight excluding hydrogens is 556 g/mol. The third kappa shape index (κ3) is 12.1. The van der Waals surface area contributed by atoms with Crippen LogP contribution in [-0.2, 0) is 23.4 Å². The van der Waals surface area contributed by atoms with Crippen molar-refractivity contribution in [2.75, 3.05) is 6.61 Å². The first-order chi connectivity index (χ1) is 20.2. The minimum Gasteiger partial charge on any atom is -0.456 e. The molecule has 0 aromatic carbocycles. The van der Waals surface area contributed by atoms with Crippen molar-refractivity contribution in [1.29, 1.82) is 0 Å². The van der Waals surface area contributed by atoms with Crippen molar-refractivity contribution in [3.8, 4) is 0 Å². The van der Waals surface area contributed by atoms with E-state index in [1.807, 2.05) is 18.2 Å². The van der Waals surface area contributed by atoms with E-state index < -0.39 is 32.6 Å². The quantitative estimate of drug-likeness (QED) is 0.193. The Hall–Kier alpha value is -2.03. The van der Waals surface area contributed by atoms with Gasteiger partial charge in [-0.2, -0.15) is 0 Å². The maximum atomic E-state index is 13.2. The van der Waals surface area contributed by atoms with Crippen molar-refractivity contribution < 1.29 is 28.5 Å². The molecule has 1 N–H and O–H groups in total. The molecule has 0 radical (unpaired) electrons. The number of cyclic esters (lactones) is 1. The lowest BCUT2D eigenvalue weighted by Gasteiger charge is -2.40. The molecule has 2 bridgehead atoms. The zero-order valence-electron chi connectivity index (χ0n) is 27.6. The van der Waals surface area contributed by atoms with E-state index in [4.69, 9.17) is 18.6 Å². The van der Waals surface area contributed by atoms with E-state index in [2.05, 4.69) is 78.6 Å². The van der Waals surface area contributed by atoms with Gasteiger partial charge in [0.25, 0.3) is 0 Å². The third-order valence-corrected chi connectivity index (χ3v) is 13.4. The van der Waals surface area contributed by atoms with E-state index in [-0.39, 0.29) is 23.4 Å². The highest BCUT2D eigenvalue weighted by Gasteiger charge is 2.41. The number of hydrogen-bond acceptors (Lipinski definition) is 6. The molecule has 240 valence electrons. The van der Waals surface area contributed by atoms with Crippen molar-refractivity contribution in [3.63, 3.8) is 0 Å². The molecule has 3 aliphatic rings. The van der Waals surface area contributed by atoms with Gasteiger partial charge in [-0.1, -0.05) is 94.0 Å². The van der Waals surface area contributed by atoms with Crippen LogP contribution >= 0.6 is 0 Å². The van der Waals surface area contributed by atoms with Gasteiger partial charge in [-0.15, -0.1) is 0 Å². The van der Waals surface area contributed by atoms with Gasteiger partial charge >= 0.3 is 5.97 Å². The van der Waals surface area contributed by atoms with E-state index in [9.17, 15) is 9.90 Å². The van der Waals surface area contributed by atoms with Crippen molar-refractivity contribution in [1.82, 2.24) is 0 Å². The standard InChI is InChI=1S/C36H56O6Si/c1-26-20-21-39-31(24-26)18-19-34(42-43(7,8)36(4,5)6)33-16-9-12-29(37)23-27(2)22-28(3)25-32-15-10-13-30(40-32)14-11-17-35(38)41-33/h9-13,17-20,28-34,37H,2,14-16,21-25H2,1,3-8H3/b12-9+,17-11-,19-18+/t28-,29-,30-,31+,32-,33-,34?/m0/s1. The van der Waals surface area contributed by atoms with Crippen LogP contribution in [0.15, 0.2) is 72.4 Å². The second kappa shape index (κ2) is 16.3. The molecule has 43 heavy (non-hydrogen) atoms. The molecule has 7 atom stereocenters. The average molecular weight is 613 g/mol.